The first-order valence-corrected chi connectivity index (χ1v) is 8.68. The van der Waals surface area contributed by atoms with Gasteiger partial charge in [0.25, 0.3) is 5.91 Å². The minimum Gasteiger partial charge on any atom is -0.467 e. The van der Waals surface area contributed by atoms with Crippen LogP contribution in [-0.4, -0.2) is 33.9 Å². The predicted molar refractivity (Wildman–Crippen MR) is 94.1 cm³/mol. The Morgan fingerprint density at radius 2 is 2.08 bits per heavy atom. The molecular formula is C19H25N3O3. The molecule has 6 heteroatoms. The van der Waals surface area contributed by atoms with Crippen molar-refractivity contribution in [2.24, 2.45) is 11.7 Å². The van der Waals surface area contributed by atoms with Gasteiger partial charge in [-0.3, -0.25) is 9.59 Å². The molecule has 0 unspecified atom stereocenters. The highest BCUT2D eigenvalue weighted by Gasteiger charge is 2.33. The minimum absolute atomic E-state index is 0.0303. The van der Waals surface area contributed by atoms with Crippen molar-refractivity contribution in [2.75, 3.05) is 6.54 Å². The van der Waals surface area contributed by atoms with Crippen molar-refractivity contribution in [1.29, 1.82) is 0 Å². The Morgan fingerprint density at radius 1 is 1.32 bits per heavy atom. The molecule has 1 aliphatic heterocycles. The zero-order valence-corrected chi connectivity index (χ0v) is 15.0. The van der Waals surface area contributed by atoms with Crippen LogP contribution in [0.15, 0.2) is 28.9 Å². The van der Waals surface area contributed by atoms with E-state index in [0.717, 1.165) is 30.0 Å². The lowest BCUT2D eigenvalue weighted by Crippen LogP contribution is -2.48. The van der Waals surface area contributed by atoms with E-state index in [2.05, 4.69) is 4.57 Å². The maximum Gasteiger partial charge on any atom is 0.255 e. The van der Waals surface area contributed by atoms with Crippen molar-refractivity contribution < 1.29 is 14.0 Å². The molecule has 2 aromatic heterocycles. The van der Waals surface area contributed by atoms with Gasteiger partial charge >= 0.3 is 0 Å². The fraction of sp³-hybridized carbons (Fsp3) is 0.474. The number of piperidine rings is 1. The molecule has 6 nitrogen and oxygen atoms in total. The van der Waals surface area contributed by atoms with Gasteiger partial charge in [-0.1, -0.05) is 0 Å². The van der Waals surface area contributed by atoms with Gasteiger partial charge in [0.2, 0.25) is 5.91 Å². The zero-order chi connectivity index (χ0) is 18.1. The first-order valence-electron chi connectivity index (χ1n) is 8.68. The smallest absolute Gasteiger partial charge is 0.255 e. The molecule has 0 radical (unpaired) electrons. The van der Waals surface area contributed by atoms with Crippen LogP contribution < -0.4 is 5.73 Å². The molecule has 0 aliphatic carbocycles. The van der Waals surface area contributed by atoms with Gasteiger partial charge in [0.15, 0.2) is 0 Å². The van der Waals surface area contributed by atoms with E-state index in [4.69, 9.17) is 10.2 Å². The van der Waals surface area contributed by atoms with Crippen LogP contribution in [-0.2, 0) is 11.3 Å². The van der Waals surface area contributed by atoms with Crippen LogP contribution in [0.5, 0.6) is 0 Å². The van der Waals surface area contributed by atoms with Gasteiger partial charge in [-0.2, -0.15) is 0 Å². The number of nitrogens with zero attached hydrogens (tertiary/aromatic N) is 2. The number of primary amides is 1. The van der Waals surface area contributed by atoms with Crippen LogP contribution in [0.3, 0.4) is 0 Å². The molecule has 0 saturated carbocycles. The number of hydrogen-bond donors (Lipinski definition) is 1. The van der Waals surface area contributed by atoms with Crippen molar-refractivity contribution in [2.45, 2.75) is 46.2 Å². The Morgan fingerprint density at radius 3 is 2.72 bits per heavy atom. The normalized spacial score (nSPS) is 20.7. The first kappa shape index (κ1) is 17.3. The molecule has 134 valence electrons. The lowest BCUT2D eigenvalue weighted by Gasteiger charge is -2.37. The summed E-state index contributed by atoms with van der Waals surface area (Å²) in [6.07, 6.45) is 3.19. The standard InChI is InChI=1S/C19H25N3O3/c1-12-6-7-15(18(20)23)10-22(12)19(24)17-9-13(2)21(14(17)3)11-16-5-4-8-25-16/h4-5,8-9,12,15H,6-7,10-11H2,1-3H3,(H2,20,23)/t12-,15+/m0/s1. The van der Waals surface area contributed by atoms with E-state index in [1.807, 2.05) is 39.0 Å². The Bertz CT molecular complexity index is 776. The molecule has 1 aliphatic rings. The van der Waals surface area contributed by atoms with Gasteiger partial charge in [0, 0.05) is 24.0 Å². The lowest BCUT2D eigenvalue weighted by molar-refractivity contribution is -0.123. The Balaban J connectivity index is 1.85. The quantitative estimate of drug-likeness (QED) is 0.926. The fourth-order valence-electron chi connectivity index (χ4n) is 3.60. The van der Waals surface area contributed by atoms with E-state index in [0.29, 0.717) is 18.7 Å². The van der Waals surface area contributed by atoms with E-state index in [1.54, 1.807) is 11.2 Å². The van der Waals surface area contributed by atoms with Gasteiger partial charge in [0.1, 0.15) is 5.76 Å². The topological polar surface area (TPSA) is 81.5 Å². The van der Waals surface area contributed by atoms with Crippen LogP contribution in [0.2, 0.25) is 0 Å². The molecule has 0 bridgehead atoms. The summed E-state index contributed by atoms with van der Waals surface area (Å²) in [6, 6.07) is 5.80. The molecule has 1 fully saturated rings. The number of likely N-dealkylation sites (tertiary alicyclic amines) is 1. The number of aromatic nitrogens is 1. The third-order valence-corrected chi connectivity index (χ3v) is 5.24. The molecule has 1 saturated heterocycles. The monoisotopic (exact) mass is 343 g/mol. The minimum atomic E-state index is -0.326. The van der Waals surface area contributed by atoms with Gasteiger partial charge in [-0.05, 0) is 51.8 Å². The van der Waals surface area contributed by atoms with Crippen molar-refractivity contribution >= 4 is 11.8 Å². The third kappa shape index (κ3) is 3.34. The average Bonchev–Trinajstić information content (AvgIpc) is 3.18. The maximum atomic E-state index is 13.1. The Hall–Kier alpha value is -2.50. The van der Waals surface area contributed by atoms with E-state index >= 15 is 0 Å². The first-order chi connectivity index (χ1) is 11.9. The molecule has 3 heterocycles. The molecule has 0 aromatic carbocycles. The highest BCUT2D eigenvalue weighted by Crippen LogP contribution is 2.26. The average molecular weight is 343 g/mol. The largest absolute Gasteiger partial charge is 0.467 e. The second-order valence-electron chi connectivity index (χ2n) is 6.93. The SMILES string of the molecule is Cc1cc(C(=O)N2C[C@H](C(N)=O)CC[C@@H]2C)c(C)n1Cc1ccco1. The van der Waals surface area contributed by atoms with Crippen molar-refractivity contribution in [3.8, 4) is 0 Å². The molecule has 2 aromatic rings. The Labute approximate surface area is 147 Å². The maximum absolute atomic E-state index is 13.1. The number of furan rings is 1. The second kappa shape index (κ2) is 6.78. The van der Waals surface area contributed by atoms with E-state index in [1.165, 1.54) is 0 Å². The predicted octanol–water partition coefficient (Wildman–Crippen LogP) is 2.47. The number of nitrogens with two attached hydrogens (primary N) is 1. The van der Waals surface area contributed by atoms with Gasteiger partial charge in [0.05, 0.1) is 24.3 Å². The van der Waals surface area contributed by atoms with Crippen molar-refractivity contribution in [3.63, 3.8) is 0 Å². The third-order valence-electron chi connectivity index (χ3n) is 5.24. The lowest BCUT2D eigenvalue weighted by atomic mass is 9.92. The summed E-state index contributed by atoms with van der Waals surface area (Å²) in [5, 5.41) is 0. The molecular weight excluding hydrogens is 318 g/mol. The molecule has 2 atom stereocenters. The van der Waals surface area contributed by atoms with E-state index in [9.17, 15) is 9.59 Å². The number of hydrogen-bond acceptors (Lipinski definition) is 3. The summed E-state index contributed by atoms with van der Waals surface area (Å²) < 4.78 is 7.50. The number of rotatable bonds is 4. The number of aryl methyl sites for hydroxylation is 1. The summed E-state index contributed by atoms with van der Waals surface area (Å²) in [4.78, 5) is 26.4. The van der Waals surface area contributed by atoms with Crippen LogP contribution >= 0.6 is 0 Å². The second-order valence-corrected chi connectivity index (χ2v) is 6.93. The van der Waals surface area contributed by atoms with Gasteiger partial charge in [-0.25, -0.2) is 0 Å². The molecule has 0 spiro atoms. The van der Waals surface area contributed by atoms with Gasteiger partial charge < -0.3 is 19.6 Å². The van der Waals surface area contributed by atoms with Crippen LogP contribution in [0, 0.1) is 19.8 Å². The van der Waals surface area contributed by atoms with E-state index < -0.39 is 0 Å². The van der Waals surface area contributed by atoms with E-state index in [-0.39, 0.29) is 23.8 Å². The zero-order valence-electron chi connectivity index (χ0n) is 15.0. The summed E-state index contributed by atoms with van der Waals surface area (Å²) in [5.74, 6) is 0.234. The summed E-state index contributed by atoms with van der Waals surface area (Å²) in [7, 11) is 0. The molecule has 25 heavy (non-hydrogen) atoms. The molecule has 2 amide bonds. The van der Waals surface area contributed by atoms with Crippen LogP contribution in [0.25, 0.3) is 0 Å². The highest BCUT2D eigenvalue weighted by atomic mass is 16.3. The summed E-state index contributed by atoms with van der Waals surface area (Å²) >= 11 is 0. The van der Waals surface area contributed by atoms with Gasteiger partial charge in [-0.15, -0.1) is 0 Å². The molecule has 2 N–H and O–H groups in total. The number of amides is 2. The van der Waals surface area contributed by atoms with Crippen LogP contribution in [0.1, 0.15) is 47.3 Å². The summed E-state index contributed by atoms with van der Waals surface area (Å²) in [6.45, 7) is 6.95. The number of carbonyl (C=O) groups is 2. The van der Waals surface area contributed by atoms with Crippen molar-refractivity contribution in [1.82, 2.24) is 9.47 Å². The summed E-state index contributed by atoms with van der Waals surface area (Å²) in [5.41, 5.74) is 8.05. The molecule has 3 rings (SSSR count). The fourth-order valence-corrected chi connectivity index (χ4v) is 3.60. The van der Waals surface area contributed by atoms with Crippen LogP contribution in [0.4, 0.5) is 0 Å². The highest BCUT2D eigenvalue weighted by molar-refractivity contribution is 5.96. The van der Waals surface area contributed by atoms with Crippen molar-refractivity contribution in [3.05, 3.63) is 47.2 Å². The Kier molecular flexibility index (Phi) is 4.70. The number of carbonyl (C=O) groups excluding carboxylic acids is 2.